The highest BCUT2D eigenvalue weighted by atomic mass is 32.1. The van der Waals surface area contributed by atoms with Crippen LogP contribution >= 0.6 is 23.6 Å². The number of hydrogen-bond donors (Lipinski definition) is 2. The Morgan fingerprint density at radius 3 is 2.61 bits per heavy atom. The van der Waals surface area contributed by atoms with E-state index in [1.807, 2.05) is 55.6 Å². The lowest BCUT2D eigenvalue weighted by atomic mass is 10.3. The predicted molar refractivity (Wildman–Crippen MR) is 99.9 cm³/mol. The average Bonchev–Trinajstić information content (AvgIpc) is 3.00. The lowest BCUT2D eigenvalue weighted by molar-refractivity contribution is -0.115. The Morgan fingerprint density at radius 1 is 1.26 bits per heavy atom. The van der Waals surface area contributed by atoms with Gasteiger partial charge in [0.25, 0.3) is 0 Å². The Hall–Kier alpha value is -2.18. The Bertz CT molecular complexity index is 677. The second kappa shape index (κ2) is 8.45. The second-order valence-electron chi connectivity index (χ2n) is 4.98. The molecule has 120 valence electrons. The first-order chi connectivity index (χ1) is 11.0. The molecule has 0 spiro atoms. The van der Waals surface area contributed by atoms with E-state index in [0.29, 0.717) is 0 Å². The van der Waals surface area contributed by atoms with E-state index in [4.69, 9.17) is 17.0 Å². The van der Waals surface area contributed by atoms with Crippen LogP contribution in [0.2, 0.25) is 0 Å². The number of nitrogens with one attached hydrogen (secondary N) is 2. The fourth-order valence-corrected chi connectivity index (χ4v) is 2.59. The molecule has 23 heavy (non-hydrogen) atoms. The molecule has 0 unspecified atom stereocenters. The number of carbonyl (C=O) groups excluding carboxylic acids is 1. The molecule has 2 N–H and O–H groups in total. The standard InChI is InChI=1S/C17H18N2O2S2/c1-12(2)21-14-7-5-13(6-8-14)18-17(22)19-16(20)10-9-15-4-3-11-23-15/h3-12H,1-2H3,(H2,18,19,20,22)/b10-9+. The third-order valence-corrected chi connectivity index (χ3v) is 3.70. The summed E-state index contributed by atoms with van der Waals surface area (Å²) in [6.07, 6.45) is 3.34. The lowest BCUT2D eigenvalue weighted by Crippen LogP contribution is -2.32. The van der Waals surface area contributed by atoms with E-state index in [2.05, 4.69) is 10.6 Å². The van der Waals surface area contributed by atoms with Crippen LogP contribution in [0.5, 0.6) is 5.75 Å². The van der Waals surface area contributed by atoms with Gasteiger partial charge in [-0.15, -0.1) is 11.3 Å². The van der Waals surface area contributed by atoms with Crippen molar-refractivity contribution in [1.82, 2.24) is 5.32 Å². The molecule has 1 aromatic carbocycles. The van der Waals surface area contributed by atoms with Crippen LogP contribution in [0.25, 0.3) is 6.08 Å². The summed E-state index contributed by atoms with van der Waals surface area (Å²) in [4.78, 5) is 12.8. The molecular formula is C17H18N2O2S2. The lowest BCUT2D eigenvalue weighted by Gasteiger charge is -2.11. The van der Waals surface area contributed by atoms with Crippen LogP contribution in [0.1, 0.15) is 18.7 Å². The van der Waals surface area contributed by atoms with Gasteiger partial charge in [0.1, 0.15) is 5.75 Å². The fraction of sp³-hybridized carbons (Fsp3) is 0.176. The molecule has 0 saturated carbocycles. The molecule has 0 aliphatic heterocycles. The monoisotopic (exact) mass is 346 g/mol. The van der Waals surface area contributed by atoms with Crippen molar-refractivity contribution >= 4 is 46.3 Å². The molecule has 0 aliphatic rings. The third-order valence-electron chi connectivity index (χ3n) is 2.66. The molecular weight excluding hydrogens is 328 g/mol. The molecule has 0 atom stereocenters. The van der Waals surface area contributed by atoms with Gasteiger partial charge in [-0.3, -0.25) is 10.1 Å². The summed E-state index contributed by atoms with van der Waals surface area (Å²) in [5, 5.41) is 7.77. The number of anilines is 1. The Kier molecular flexibility index (Phi) is 6.31. The van der Waals surface area contributed by atoms with Gasteiger partial charge in [0.15, 0.2) is 5.11 Å². The zero-order valence-electron chi connectivity index (χ0n) is 12.9. The Labute approximate surface area is 145 Å². The normalized spacial score (nSPS) is 10.7. The van der Waals surface area contributed by atoms with Crippen molar-refractivity contribution in [3.63, 3.8) is 0 Å². The highest BCUT2D eigenvalue weighted by Crippen LogP contribution is 2.16. The van der Waals surface area contributed by atoms with Crippen LogP contribution in [0.4, 0.5) is 5.69 Å². The molecule has 0 saturated heterocycles. The molecule has 0 fully saturated rings. The number of ether oxygens (including phenoxy) is 1. The zero-order valence-corrected chi connectivity index (χ0v) is 14.5. The predicted octanol–water partition coefficient (Wildman–Crippen LogP) is 4.06. The van der Waals surface area contributed by atoms with Gasteiger partial charge < -0.3 is 10.1 Å². The SMILES string of the molecule is CC(C)Oc1ccc(NC(=S)NC(=O)/C=C/c2cccs2)cc1. The van der Waals surface area contributed by atoms with Gasteiger partial charge in [-0.1, -0.05) is 6.07 Å². The molecule has 1 aromatic heterocycles. The molecule has 1 heterocycles. The van der Waals surface area contributed by atoms with E-state index < -0.39 is 0 Å². The maximum absolute atomic E-state index is 11.8. The first-order valence-electron chi connectivity index (χ1n) is 7.13. The summed E-state index contributed by atoms with van der Waals surface area (Å²) >= 11 is 6.69. The molecule has 2 rings (SSSR count). The number of carbonyl (C=O) groups is 1. The minimum atomic E-state index is -0.268. The van der Waals surface area contributed by atoms with Gasteiger partial charge in [0, 0.05) is 16.6 Å². The summed E-state index contributed by atoms with van der Waals surface area (Å²) in [7, 11) is 0. The maximum atomic E-state index is 11.8. The summed E-state index contributed by atoms with van der Waals surface area (Å²) < 4.78 is 5.57. The molecule has 6 heteroatoms. The number of benzene rings is 1. The summed E-state index contributed by atoms with van der Waals surface area (Å²) in [5.41, 5.74) is 0.786. The van der Waals surface area contributed by atoms with Crippen molar-refractivity contribution in [3.05, 3.63) is 52.7 Å². The van der Waals surface area contributed by atoms with E-state index in [0.717, 1.165) is 16.3 Å². The first kappa shape index (κ1) is 17.2. The number of rotatable bonds is 5. The highest BCUT2D eigenvalue weighted by Gasteiger charge is 2.03. The third kappa shape index (κ3) is 6.22. The summed E-state index contributed by atoms with van der Waals surface area (Å²) in [5.74, 6) is 0.523. The van der Waals surface area contributed by atoms with Crippen LogP contribution in [-0.4, -0.2) is 17.1 Å². The van der Waals surface area contributed by atoms with Crippen LogP contribution < -0.4 is 15.4 Å². The number of thiocarbonyl (C=S) groups is 1. The Balaban J connectivity index is 1.83. The van der Waals surface area contributed by atoms with Gasteiger partial charge in [-0.05, 0) is 67.9 Å². The quantitative estimate of drug-likeness (QED) is 0.633. The molecule has 2 aromatic rings. The van der Waals surface area contributed by atoms with Crippen LogP contribution in [0, 0.1) is 0 Å². The summed E-state index contributed by atoms with van der Waals surface area (Å²) in [6, 6.07) is 11.3. The molecule has 1 amide bonds. The number of hydrogen-bond acceptors (Lipinski definition) is 4. The van der Waals surface area contributed by atoms with E-state index >= 15 is 0 Å². The minimum Gasteiger partial charge on any atom is -0.491 e. The van der Waals surface area contributed by atoms with Gasteiger partial charge in [-0.25, -0.2) is 0 Å². The average molecular weight is 346 g/mol. The molecule has 0 radical (unpaired) electrons. The van der Waals surface area contributed by atoms with Gasteiger partial charge >= 0.3 is 0 Å². The van der Waals surface area contributed by atoms with Gasteiger partial charge in [0.2, 0.25) is 5.91 Å². The van der Waals surface area contributed by atoms with E-state index in [1.165, 1.54) is 6.08 Å². The van der Waals surface area contributed by atoms with Crippen molar-refractivity contribution in [2.45, 2.75) is 20.0 Å². The number of thiophene rings is 1. The maximum Gasteiger partial charge on any atom is 0.250 e. The van der Waals surface area contributed by atoms with Crippen LogP contribution in [0.3, 0.4) is 0 Å². The van der Waals surface area contributed by atoms with Crippen LogP contribution in [-0.2, 0) is 4.79 Å². The van der Waals surface area contributed by atoms with E-state index in [1.54, 1.807) is 17.4 Å². The molecule has 4 nitrogen and oxygen atoms in total. The largest absolute Gasteiger partial charge is 0.491 e. The Morgan fingerprint density at radius 2 is 2.00 bits per heavy atom. The van der Waals surface area contributed by atoms with Crippen molar-refractivity contribution in [2.24, 2.45) is 0 Å². The second-order valence-corrected chi connectivity index (χ2v) is 6.37. The van der Waals surface area contributed by atoms with E-state index in [9.17, 15) is 4.79 Å². The zero-order chi connectivity index (χ0) is 16.7. The van der Waals surface area contributed by atoms with Crippen molar-refractivity contribution in [2.75, 3.05) is 5.32 Å². The van der Waals surface area contributed by atoms with Crippen molar-refractivity contribution in [3.8, 4) is 5.75 Å². The number of amides is 1. The van der Waals surface area contributed by atoms with E-state index in [-0.39, 0.29) is 17.1 Å². The first-order valence-corrected chi connectivity index (χ1v) is 8.42. The van der Waals surface area contributed by atoms with Gasteiger partial charge in [0.05, 0.1) is 6.10 Å². The van der Waals surface area contributed by atoms with Crippen LogP contribution in [0.15, 0.2) is 47.9 Å². The van der Waals surface area contributed by atoms with Crippen molar-refractivity contribution in [1.29, 1.82) is 0 Å². The topological polar surface area (TPSA) is 50.4 Å². The summed E-state index contributed by atoms with van der Waals surface area (Å²) in [6.45, 7) is 3.95. The smallest absolute Gasteiger partial charge is 0.250 e. The molecule has 0 aliphatic carbocycles. The minimum absolute atomic E-state index is 0.129. The van der Waals surface area contributed by atoms with Gasteiger partial charge in [-0.2, -0.15) is 0 Å². The molecule has 0 bridgehead atoms. The highest BCUT2D eigenvalue weighted by molar-refractivity contribution is 7.80. The van der Waals surface area contributed by atoms with Crippen molar-refractivity contribution < 1.29 is 9.53 Å². The fourth-order valence-electron chi connectivity index (χ4n) is 1.75.